The van der Waals surface area contributed by atoms with Gasteiger partial charge in [0.25, 0.3) is 5.91 Å². The first-order chi connectivity index (χ1) is 9.31. The maximum atomic E-state index is 12.0. The molecule has 5 heteroatoms. The summed E-state index contributed by atoms with van der Waals surface area (Å²) >= 11 is 0. The molecule has 0 aliphatic carbocycles. The Morgan fingerprint density at radius 3 is 2.95 bits per heavy atom. The number of methoxy groups -OCH3 is 1. The highest BCUT2D eigenvalue weighted by molar-refractivity contribution is 5.96. The van der Waals surface area contributed by atoms with Gasteiger partial charge >= 0.3 is 0 Å². The molecule has 0 unspecified atom stereocenters. The second-order valence-electron chi connectivity index (χ2n) is 4.08. The molecular weight excluding hydrogens is 242 g/mol. The molecule has 0 aliphatic heterocycles. The van der Waals surface area contributed by atoms with Crippen molar-refractivity contribution in [1.29, 1.82) is 0 Å². The lowest BCUT2D eigenvalue weighted by Gasteiger charge is -2.09. The quantitative estimate of drug-likeness (QED) is 0.803. The van der Waals surface area contributed by atoms with Crippen molar-refractivity contribution in [3.63, 3.8) is 0 Å². The van der Waals surface area contributed by atoms with Gasteiger partial charge in [0.1, 0.15) is 5.75 Å². The summed E-state index contributed by atoms with van der Waals surface area (Å²) < 4.78 is 7.00. The Morgan fingerprint density at radius 1 is 1.37 bits per heavy atom. The van der Waals surface area contributed by atoms with E-state index in [1.165, 1.54) is 0 Å². The molecule has 0 spiro atoms. The predicted octanol–water partition coefficient (Wildman–Crippen LogP) is 1.71. The Morgan fingerprint density at radius 2 is 2.21 bits per heavy atom. The van der Waals surface area contributed by atoms with Crippen LogP contribution in [0.25, 0.3) is 0 Å². The zero-order chi connectivity index (χ0) is 13.5. The second-order valence-corrected chi connectivity index (χ2v) is 4.08. The summed E-state index contributed by atoms with van der Waals surface area (Å²) in [7, 11) is 1.56. The third-order valence-corrected chi connectivity index (χ3v) is 2.76. The first-order valence-corrected chi connectivity index (χ1v) is 6.20. The molecule has 1 amide bonds. The molecule has 5 nitrogen and oxygen atoms in total. The van der Waals surface area contributed by atoms with Gasteiger partial charge in [-0.15, -0.1) is 0 Å². The lowest BCUT2D eigenvalue weighted by Crippen LogP contribution is -2.25. The Kier molecular flexibility index (Phi) is 4.55. The summed E-state index contributed by atoms with van der Waals surface area (Å²) in [5.74, 6) is 0.477. The van der Waals surface area contributed by atoms with Crippen LogP contribution in [-0.2, 0) is 6.54 Å². The van der Waals surface area contributed by atoms with E-state index >= 15 is 0 Å². The topological polar surface area (TPSA) is 56.1 Å². The summed E-state index contributed by atoms with van der Waals surface area (Å²) in [5.41, 5.74) is 0.559. The molecule has 0 saturated heterocycles. The molecule has 19 heavy (non-hydrogen) atoms. The van der Waals surface area contributed by atoms with Gasteiger partial charge in [-0.3, -0.25) is 9.48 Å². The smallest absolute Gasteiger partial charge is 0.255 e. The van der Waals surface area contributed by atoms with Gasteiger partial charge in [-0.1, -0.05) is 12.1 Å². The Balaban J connectivity index is 1.81. The molecule has 1 aromatic heterocycles. The van der Waals surface area contributed by atoms with E-state index in [-0.39, 0.29) is 5.91 Å². The summed E-state index contributed by atoms with van der Waals surface area (Å²) in [6.45, 7) is 1.40. The number of carbonyl (C=O) groups is 1. The molecular formula is C14H17N3O2. The summed E-state index contributed by atoms with van der Waals surface area (Å²) in [4.78, 5) is 12.0. The van der Waals surface area contributed by atoms with Gasteiger partial charge in [0.2, 0.25) is 0 Å². The highest BCUT2D eigenvalue weighted by Crippen LogP contribution is 2.16. The van der Waals surface area contributed by atoms with E-state index in [1.54, 1.807) is 25.4 Å². The van der Waals surface area contributed by atoms with E-state index in [0.29, 0.717) is 17.9 Å². The minimum Gasteiger partial charge on any atom is -0.496 e. The summed E-state index contributed by atoms with van der Waals surface area (Å²) in [5, 5.41) is 6.98. The molecule has 2 aromatic rings. The number of nitrogens with one attached hydrogen (secondary N) is 1. The van der Waals surface area contributed by atoms with E-state index in [2.05, 4.69) is 10.4 Å². The summed E-state index contributed by atoms with van der Waals surface area (Å²) in [6.07, 6.45) is 4.48. The van der Waals surface area contributed by atoms with Crippen molar-refractivity contribution in [2.24, 2.45) is 0 Å². The number of carbonyl (C=O) groups excluding carboxylic acids is 1. The number of nitrogens with zero attached hydrogens (tertiary/aromatic N) is 2. The van der Waals surface area contributed by atoms with Crippen LogP contribution in [0.15, 0.2) is 42.7 Å². The van der Waals surface area contributed by atoms with Gasteiger partial charge in [0, 0.05) is 25.5 Å². The van der Waals surface area contributed by atoms with Crippen molar-refractivity contribution in [2.45, 2.75) is 13.0 Å². The van der Waals surface area contributed by atoms with Crippen molar-refractivity contribution < 1.29 is 9.53 Å². The molecule has 2 rings (SSSR count). The number of ether oxygens (including phenoxy) is 1. The average Bonchev–Trinajstić information content (AvgIpc) is 2.96. The van der Waals surface area contributed by atoms with Crippen LogP contribution in [0.2, 0.25) is 0 Å². The highest BCUT2D eigenvalue weighted by atomic mass is 16.5. The van der Waals surface area contributed by atoms with Crippen LogP contribution in [-0.4, -0.2) is 29.3 Å². The fourth-order valence-electron chi connectivity index (χ4n) is 1.80. The van der Waals surface area contributed by atoms with E-state index in [4.69, 9.17) is 4.74 Å². The number of rotatable bonds is 6. The van der Waals surface area contributed by atoms with Gasteiger partial charge in [-0.2, -0.15) is 5.10 Å². The number of aromatic nitrogens is 2. The summed E-state index contributed by atoms with van der Waals surface area (Å²) in [6, 6.07) is 9.07. The van der Waals surface area contributed by atoms with Crippen LogP contribution >= 0.6 is 0 Å². The van der Waals surface area contributed by atoms with Crippen LogP contribution in [0.4, 0.5) is 0 Å². The number of amides is 1. The maximum Gasteiger partial charge on any atom is 0.255 e. The number of hydrogen-bond donors (Lipinski definition) is 1. The van der Waals surface area contributed by atoms with Crippen molar-refractivity contribution >= 4 is 5.91 Å². The molecule has 0 aliphatic rings. The number of aryl methyl sites for hydroxylation is 1. The molecule has 1 heterocycles. The first kappa shape index (κ1) is 13.1. The molecule has 1 aromatic carbocycles. The van der Waals surface area contributed by atoms with Crippen molar-refractivity contribution in [1.82, 2.24) is 15.1 Å². The Bertz CT molecular complexity index is 523. The molecule has 0 fully saturated rings. The third-order valence-electron chi connectivity index (χ3n) is 2.76. The zero-order valence-electron chi connectivity index (χ0n) is 10.9. The van der Waals surface area contributed by atoms with Crippen LogP contribution < -0.4 is 10.1 Å². The molecule has 0 radical (unpaired) electrons. The van der Waals surface area contributed by atoms with Gasteiger partial charge in [0.05, 0.1) is 12.7 Å². The lowest BCUT2D eigenvalue weighted by molar-refractivity contribution is 0.0949. The Labute approximate surface area is 112 Å². The molecule has 1 N–H and O–H groups in total. The van der Waals surface area contributed by atoms with Crippen LogP contribution in [0.3, 0.4) is 0 Å². The van der Waals surface area contributed by atoms with Crippen LogP contribution in [0.5, 0.6) is 5.75 Å². The van der Waals surface area contributed by atoms with E-state index in [0.717, 1.165) is 13.0 Å². The Hall–Kier alpha value is -2.30. The van der Waals surface area contributed by atoms with Crippen molar-refractivity contribution in [2.75, 3.05) is 13.7 Å². The molecule has 0 saturated carbocycles. The van der Waals surface area contributed by atoms with E-state index in [9.17, 15) is 4.79 Å². The zero-order valence-corrected chi connectivity index (χ0v) is 10.9. The maximum absolute atomic E-state index is 12.0. The molecule has 0 atom stereocenters. The minimum absolute atomic E-state index is 0.113. The van der Waals surface area contributed by atoms with E-state index in [1.807, 2.05) is 29.1 Å². The molecule has 0 bridgehead atoms. The SMILES string of the molecule is COc1ccccc1C(=O)NCCCn1cccn1. The highest BCUT2D eigenvalue weighted by Gasteiger charge is 2.10. The number of para-hydroxylation sites is 1. The monoisotopic (exact) mass is 259 g/mol. The predicted molar refractivity (Wildman–Crippen MR) is 72.2 cm³/mol. The van der Waals surface area contributed by atoms with Crippen LogP contribution in [0, 0.1) is 0 Å². The molecule has 100 valence electrons. The van der Waals surface area contributed by atoms with Gasteiger partial charge in [0.15, 0.2) is 0 Å². The van der Waals surface area contributed by atoms with Crippen molar-refractivity contribution in [3.8, 4) is 5.75 Å². The third kappa shape index (κ3) is 3.58. The normalized spacial score (nSPS) is 10.2. The average molecular weight is 259 g/mol. The van der Waals surface area contributed by atoms with Gasteiger partial charge < -0.3 is 10.1 Å². The fourth-order valence-corrected chi connectivity index (χ4v) is 1.80. The lowest BCUT2D eigenvalue weighted by atomic mass is 10.2. The fraction of sp³-hybridized carbons (Fsp3) is 0.286. The van der Waals surface area contributed by atoms with Crippen molar-refractivity contribution in [3.05, 3.63) is 48.3 Å². The first-order valence-electron chi connectivity index (χ1n) is 6.20. The standard InChI is InChI=1S/C14H17N3O2/c1-19-13-7-3-2-6-12(13)14(18)15-8-4-10-17-11-5-9-16-17/h2-3,5-7,9,11H,4,8,10H2,1H3,(H,15,18). The van der Waals surface area contributed by atoms with E-state index < -0.39 is 0 Å². The van der Waals surface area contributed by atoms with Gasteiger partial charge in [-0.25, -0.2) is 0 Å². The van der Waals surface area contributed by atoms with Crippen LogP contribution in [0.1, 0.15) is 16.8 Å². The second kappa shape index (κ2) is 6.58. The number of benzene rings is 1. The number of hydrogen-bond acceptors (Lipinski definition) is 3. The largest absolute Gasteiger partial charge is 0.496 e. The van der Waals surface area contributed by atoms with Gasteiger partial charge in [-0.05, 0) is 24.6 Å². The minimum atomic E-state index is -0.113.